The van der Waals surface area contributed by atoms with Crippen molar-refractivity contribution in [2.24, 2.45) is 0 Å². The molecule has 7 heteroatoms. The second-order valence-corrected chi connectivity index (χ2v) is 5.31. The smallest absolute Gasteiger partial charge is 0.274 e. The molecular formula is C18H15FN4O2. The summed E-state index contributed by atoms with van der Waals surface area (Å²) in [6, 6.07) is 13.2. The second kappa shape index (κ2) is 6.96. The monoisotopic (exact) mass is 338 g/mol. The third-order valence-corrected chi connectivity index (χ3v) is 3.44. The zero-order valence-corrected chi connectivity index (χ0v) is 13.4. The number of nitrogens with zero attached hydrogens (tertiary/aromatic N) is 2. The maximum atomic E-state index is 14.0. The van der Waals surface area contributed by atoms with Gasteiger partial charge in [-0.1, -0.05) is 18.2 Å². The van der Waals surface area contributed by atoms with E-state index in [4.69, 9.17) is 0 Å². The molecule has 0 aliphatic heterocycles. The minimum Gasteiger partial charge on any atom is -0.326 e. The number of carbonyl (C=O) groups is 2. The fourth-order valence-corrected chi connectivity index (χ4v) is 2.35. The Kier molecular flexibility index (Phi) is 4.56. The number of anilines is 2. The maximum absolute atomic E-state index is 14.0. The third kappa shape index (κ3) is 3.72. The number of carbonyl (C=O) groups excluding carboxylic acids is 2. The Morgan fingerprint density at radius 2 is 1.84 bits per heavy atom. The number of benzene rings is 2. The van der Waals surface area contributed by atoms with Crippen LogP contribution in [0.15, 0.2) is 61.1 Å². The molecular weight excluding hydrogens is 323 g/mol. The summed E-state index contributed by atoms with van der Waals surface area (Å²) in [6.45, 7) is 1.35. The molecule has 0 fully saturated rings. The highest BCUT2D eigenvalue weighted by Gasteiger charge is 2.15. The van der Waals surface area contributed by atoms with E-state index < -0.39 is 11.7 Å². The maximum Gasteiger partial charge on any atom is 0.274 e. The van der Waals surface area contributed by atoms with Crippen LogP contribution in [0.4, 0.5) is 15.8 Å². The summed E-state index contributed by atoms with van der Waals surface area (Å²) in [5.41, 5.74) is 1.38. The van der Waals surface area contributed by atoms with Crippen molar-refractivity contribution < 1.29 is 14.0 Å². The average Bonchev–Trinajstić information content (AvgIpc) is 3.08. The molecule has 0 radical (unpaired) electrons. The first-order valence-corrected chi connectivity index (χ1v) is 7.51. The third-order valence-electron chi connectivity index (χ3n) is 3.44. The highest BCUT2D eigenvalue weighted by molar-refractivity contribution is 6.04. The average molecular weight is 338 g/mol. The molecule has 0 aliphatic rings. The van der Waals surface area contributed by atoms with E-state index in [1.807, 2.05) is 30.3 Å². The highest BCUT2D eigenvalue weighted by Crippen LogP contribution is 2.21. The Labute approximate surface area is 143 Å². The van der Waals surface area contributed by atoms with Gasteiger partial charge < -0.3 is 10.6 Å². The molecule has 0 saturated carbocycles. The number of amides is 2. The van der Waals surface area contributed by atoms with Crippen LogP contribution in [0.3, 0.4) is 0 Å². The summed E-state index contributed by atoms with van der Waals surface area (Å²) >= 11 is 0. The van der Waals surface area contributed by atoms with Crippen LogP contribution in [0.1, 0.15) is 17.4 Å². The largest absolute Gasteiger partial charge is 0.326 e. The minimum absolute atomic E-state index is 0.0305. The lowest BCUT2D eigenvalue weighted by molar-refractivity contribution is -0.114. The number of hydrogen-bond donors (Lipinski definition) is 2. The molecule has 6 nitrogen and oxygen atoms in total. The molecule has 3 rings (SSSR count). The molecule has 1 heterocycles. The van der Waals surface area contributed by atoms with Gasteiger partial charge in [-0.3, -0.25) is 14.2 Å². The zero-order chi connectivity index (χ0) is 17.8. The van der Waals surface area contributed by atoms with Gasteiger partial charge >= 0.3 is 0 Å². The number of para-hydroxylation sites is 1. The molecule has 0 atom stereocenters. The van der Waals surface area contributed by atoms with Crippen LogP contribution in [0.5, 0.6) is 0 Å². The summed E-state index contributed by atoms with van der Waals surface area (Å²) in [5, 5.41) is 5.05. The Morgan fingerprint density at radius 1 is 1.08 bits per heavy atom. The fraction of sp³-hybridized carbons (Fsp3) is 0.0556. The number of aromatic nitrogens is 2. The molecule has 1 aromatic heterocycles. The first kappa shape index (κ1) is 16.4. The van der Waals surface area contributed by atoms with Gasteiger partial charge in [0.2, 0.25) is 5.91 Å². The first-order valence-electron chi connectivity index (χ1n) is 7.51. The Hall–Kier alpha value is -3.48. The van der Waals surface area contributed by atoms with Gasteiger partial charge in [-0.05, 0) is 30.3 Å². The molecule has 0 unspecified atom stereocenters. The lowest BCUT2D eigenvalue weighted by Crippen LogP contribution is -2.17. The molecule has 0 saturated heterocycles. The molecule has 3 aromatic rings. The van der Waals surface area contributed by atoms with Crippen molar-refractivity contribution in [3.05, 3.63) is 72.6 Å². The zero-order valence-electron chi connectivity index (χ0n) is 13.4. The molecule has 2 amide bonds. The van der Waals surface area contributed by atoms with E-state index in [0.29, 0.717) is 5.69 Å². The van der Waals surface area contributed by atoms with Gasteiger partial charge in [-0.15, -0.1) is 0 Å². The number of hydrogen-bond acceptors (Lipinski definition) is 3. The van der Waals surface area contributed by atoms with Crippen LogP contribution < -0.4 is 10.6 Å². The number of imidazole rings is 1. The van der Waals surface area contributed by atoms with Crippen LogP contribution in [-0.4, -0.2) is 21.4 Å². The molecule has 2 N–H and O–H groups in total. The van der Waals surface area contributed by atoms with Crippen molar-refractivity contribution in [1.82, 2.24) is 9.55 Å². The predicted molar refractivity (Wildman–Crippen MR) is 92.2 cm³/mol. The Balaban J connectivity index is 1.87. The van der Waals surface area contributed by atoms with Gasteiger partial charge in [0.05, 0.1) is 18.2 Å². The lowest BCUT2D eigenvalue weighted by atomic mass is 10.2. The van der Waals surface area contributed by atoms with E-state index in [1.54, 1.807) is 4.57 Å². The summed E-state index contributed by atoms with van der Waals surface area (Å²) in [5.74, 6) is -1.40. The van der Waals surface area contributed by atoms with Crippen molar-refractivity contribution in [3.8, 4) is 5.69 Å². The van der Waals surface area contributed by atoms with Gasteiger partial charge in [0, 0.05) is 18.3 Å². The van der Waals surface area contributed by atoms with Gasteiger partial charge in [-0.2, -0.15) is 0 Å². The highest BCUT2D eigenvalue weighted by atomic mass is 19.1. The van der Waals surface area contributed by atoms with Gasteiger partial charge in [0.1, 0.15) is 11.5 Å². The number of halogens is 1. The Bertz CT molecular complexity index is 922. The normalized spacial score (nSPS) is 10.3. The summed E-state index contributed by atoms with van der Waals surface area (Å²) in [7, 11) is 0. The van der Waals surface area contributed by atoms with Crippen LogP contribution in [-0.2, 0) is 4.79 Å². The molecule has 0 bridgehead atoms. The van der Waals surface area contributed by atoms with Crippen molar-refractivity contribution in [2.45, 2.75) is 6.92 Å². The molecule has 2 aromatic carbocycles. The van der Waals surface area contributed by atoms with Crippen LogP contribution >= 0.6 is 0 Å². The standard InChI is InChI=1S/C18H15FN4O2/c1-12(24)21-13-7-8-15(19)16(9-13)22-18(25)17-10-20-11-23(17)14-5-3-2-4-6-14/h2-11H,1H3,(H,21,24)(H,22,25). The first-order chi connectivity index (χ1) is 12.0. The molecule has 0 aliphatic carbocycles. The van der Waals surface area contributed by atoms with Crippen LogP contribution in [0.2, 0.25) is 0 Å². The summed E-state index contributed by atoms with van der Waals surface area (Å²) in [6.07, 6.45) is 2.91. The van der Waals surface area contributed by atoms with E-state index in [1.165, 1.54) is 37.6 Å². The van der Waals surface area contributed by atoms with Crippen molar-refractivity contribution in [1.29, 1.82) is 0 Å². The minimum atomic E-state index is -0.603. The van der Waals surface area contributed by atoms with E-state index in [2.05, 4.69) is 15.6 Å². The predicted octanol–water partition coefficient (Wildman–Crippen LogP) is 3.22. The van der Waals surface area contributed by atoms with E-state index >= 15 is 0 Å². The van der Waals surface area contributed by atoms with Crippen LogP contribution in [0.25, 0.3) is 5.69 Å². The summed E-state index contributed by atoms with van der Waals surface area (Å²) in [4.78, 5) is 27.6. The van der Waals surface area contributed by atoms with Gasteiger partial charge in [0.15, 0.2) is 0 Å². The van der Waals surface area contributed by atoms with E-state index in [-0.39, 0.29) is 17.3 Å². The van der Waals surface area contributed by atoms with Crippen LogP contribution in [0, 0.1) is 5.82 Å². The quantitative estimate of drug-likeness (QED) is 0.767. The Morgan fingerprint density at radius 3 is 2.56 bits per heavy atom. The topological polar surface area (TPSA) is 76.0 Å². The second-order valence-electron chi connectivity index (χ2n) is 5.31. The fourth-order valence-electron chi connectivity index (χ4n) is 2.35. The SMILES string of the molecule is CC(=O)Nc1ccc(F)c(NC(=O)c2cncn2-c2ccccc2)c1. The van der Waals surface area contributed by atoms with E-state index in [0.717, 1.165) is 5.69 Å². The van der Waals surface area contributed by atoms with Gasteiger partial charge in [-0.25, -0.2) is 9.37 Å². The van der Waals surface area contributed by atoms with E-state index in [9.17, 15) is 14.0 Å². The number of rotatable bonds is 4. The van der Waals surface area contributed by atoms with Crippen molar-refractivity contribution >= 4 is 23.2 Å². The summed E-state index contributed by atoms with van der Waals surface area (Å²) < 4.78 is 15.6. The van der Waals surface area contributed by atoms with Crippen molar-refractivity contribution in [2.75, 3.05) is 10.6 Å². The lowest BCUT2D eigenvalue weighted by Gasteiger charge is -2.11. The molecule has 25 heavy (non-hydrogen) atoms. The van der Waals surface area contributed by atoms with Gasteiger partial charge in [0.25, 0.3) is 5.91 Å². The molecule has 126 valence electrons. The van der Waals surface area contributed by atoms with Crippen molar-refractivity contribution in [3.63, 3.8) is 0 Å². The number of nitrogens with one attached hydrogen (secondary N) is 2. The molecule has 0 spiro atoms.